The summed E-state index contributed by atoms with van der Waals surface area (Å²) >= 11 is 6.15. The first-order valence-corrected chi connectivity index (χ1v) is 8.52. The normalized spacial score (nSPS) is 10.2. The number of esters is 1. The number of ether oxygens (including phenoxy) is 1. The first-order valence-electron chi connectivity index (χ1n) is 8.14. The highest BCUT2D eigenvalue weighted by Crippen LogP contribution is 2.26. The Morgan fingerprint density at radius 1 is 1.07 bits per heavy atom. The summed E-state index contributed by atoms with van der Waals surface area (Å²) in [7, 11) is 1.29. The maximum absolute atomic E-state index is 13.2. The lowest BCUT2D eigenvalue weighted by Gasteiger charge is -2.10. The Bertz CT molecular complexity index is 1030. The number of anilines is 3. The van der Waals surface area contributed by atoms with E-state index < -0.39 is 17.7 Å². The number of aromatic nitrogens is 1. The van der Waals surface area contributed by atoms with Gasteiger partial charge in [0.15, 0.2) is 0 Å². The van der Waals surface area contributed by atoms with Gasteiger partial charge < -0.3 is 15.4 Å². The molecule has 3 aromatic rings. The zero-order chi connectivity index (χ0) is 20.1. The van der Waals surface area contributed by atoms with Gasteiger partial charge in [-0.3, -0.25) is 4.79 Å². The van der Waals surface area contributed by atoms with Crippen LogP contribution in [0.25, 0.3) is 0 Å². The van der Waals surface area contributed by atoms with Crippen LogP contribution in [0.1, 0.15) is 20.8 Å². The van der Waals surface area contributed by atoms with Gasteiger partial charge in [-0.05, 0) is 48.5 Å². The number of pyridine rings is 1. The standard InChI is InChI=1S/C20H15ClFN3O3/c1-28-20(27)12-5-7-16(21)18(9-12)24-15-6-8-17(23-11-15)19(26)25-14-4-2-3-13(22)10-14/h2-11,24H,1H3,(H,25,26). The number of hydrogen-bond donors (Lipinski definition) is 2. The van der Waals surface area contributed by atoms with Crippen LogP contribution in [0, 0.1) is 5.82 Å². The molecule has 0 bridgehead atoms. The predicted octanol–water partition coefficient (Wildman–Crippen LogP) is 4.66. The monoisotopic (exact) mass is 399 g/mol. The molecule has 142 valence electrons. The van der Waals surface area contributed by atoms with E-state index in [2.05, 4.69) is 20.4 Å². The highest BCUT2D eigenvalue weighted by molar-refractivity contribution is 6.33. The minimum atomic E-state index is -0.484. The van der Waals surface area contributed by atoms with Gasteiger partial charge in [-0.15, -0.1) is 0 Å². The van der Waals surface area contributed by atoms with Gasteiger partial charge in [-0.1, -0.05) is 17.7 Å². The summed E-state index contributed by atoms with van der Waals surface area (Å²) in [6.07, 6.45) is 1.45. The van der Waals surface area contributed by atoms with Crippen molar-refractivity contribution in [2.45, 2.75) is 0 Å². The van der Waals surface area contributed by atoms with Crippen LogP contribution in [0.2, 0.25) is 5.02 Å². The number of carbonyl (C=O) groups is 2. The first kappa shape index (κ1) is 19.3. The van der Waals surface area contributed by atoms with Crippen molar-refractivity contribution in [1.82, 2.24) is 4.98 Å². The van der Waals surface area contributed by atoms with E-state index in [1.54, 1.807) is 30.3 Å². The Hall–Kier alpha value is -3.45. The van der Waals surface area contributed by atoms with Crippen LogP contribution in [0.3, 0.4) is 0 Å². The molecule has 1 amide bonds. The number of hydrogen-bond acceptors (Lipinski definition) is 5. The lowest BCUT2D eigenvalue weighted by molar-refractivity contribution is 0.0600. The highest BCUT2D eigenvalue weighted by atomic mass is 35.5. The van der Waals surface area contributed by atoms with Crippen molar-refractivity contribution in [2.24, 2.45) is 0 Å². The third-order valence-electron chi connectivity index (χ3n) is 3.75. The van der Waals surface area contributed by atoms with Crippen molar-refractivity contribution in [3.8, 4) is 0 Å². The van der Waals surface area contributed by atoms with E-state index in [0.29, 0.717) is 27.6 Å². The number of halogens is 2. The van der Waals surface area contributed by atoms with Gasteiger partial charge in [0.2, 0.25) is 0 Å². The summed E-state index contributed by atoms with van der Waals surface area (Å²) in [6.45, 7) is 0. The van der Waals surface area contributed by atoms with Crippen molar-refractivity contribution < 1.29 is 18.7 Å². The second-order valence-corrected chi connectivity index (χ2v) is 6.11. The predicted molar refractivity (Wildman–Crippen MR) is 105 cm³/mol. The zero-order valence-electron chi connectivity index (χ0n) is 14.7. The Labute approximate surface area is 165 Å². The molecule has 1 aromatic heterocycles. The minimum absolute atomic E-state index is 0.157. The van der Waals surface area contributed by atoms with Crippen LogP contribution in [0.4, 0.5) is 21.5 Å². The van der Waals surface area contributed by atoms with E-state index in [-0.39, 0.29) is 5.69 Å². The lowest BCUT2D eigenvalue weighted by Crippen LogP contribution is -2.13. The van der Waals surface area contributed by atoms with Crippen LogP contribution < -0.4 is 10.6 Å². The van der Waals surface area contributed by atoms with E-state index >= 15 is 0 Å². The molecular weight excluding hydrogens is 385 g/mol. The van der Waals surface area contributed by atoms with Crippen molar-refractivity contribution in [1.29, 1.82) is 0 Å². The van der Waals surface area contributed by atoms with Crippen LogP contribution in [-0.4, -0.2) is 24.0 Å². The molecule has 3 rings (SSSR count). The van der Waals surface area contributed by atoms with E-state index in [0.717, 1.165) is 0 Å². The SMILES string of the molecule is COC(=O)c1ccc(Cl)c(Nc2ccc(C(=O)Nc3cccc(F)c3)nc2)c1. The molecule has 0 saturated heterocycles. The number of methoxy groups -OCH3 is 1. The average Bonchev–Trinajstić information content (AvgIpc) is 2.69. The fourth-order valence-electron chi connectivity index (χ4n) is 2.38. The second kappa shape index (κ2) is 8.49. The Balaban J connectivity index is 1.72. The van der Waals surface area contributed by atoms with Crippen LogP contribution >= 0.6 is 11.6 Å². The first-order chi connectivity index (χ1) is 13.5. The number of nitrogens with zero attached hydrogens (tertiary/aromatic N) is 1. The Morgan fingerprint density at radius 3 is 2.57 bits per heavy atom. The number of amides is 1. The molecular formula is C20H15ClFN3O3. The van der Waals surface area contributed by atoms with Crippen LogP contribution in [0.5, 0.6) is 0 Å². The van der Waals surface area contributed by atoms with E-state index in [1.807, 2.05) is 0 Å². The zero-order valence-corrected chi connectivity index (χ0v) is 15.5. The molecule has 0 aliphatic carbocycles. The molecule has 0 radical (unpaired) electrons. The van der Waals surface area contributed by atoms with E-state index in [4.69, 9.17) is 11.6 Å². The molecule has 6 nitrogen and oxygen atoms in total. The summed E-state index contributed by atoms with van der Waals surface area (Å²) < 4.78 is 17.9. The molecule has 0 aliphatic heterocycles. The minimum Gasteiger partial charge on any atom is -0.465 e. The smallest absolute Gasteiger partial charge is 0.337 e. The van der Waals surface area contributed by atoms with Gasteiger partial charge in [0.25, 0.3) is 5.91 Å². The third-order valence-corrected chi connectivity index (χ3v) is 4.07. The van der Waals surface area contributed by atoms with E-state index in [9.17, 15) is 14.0 Å². The summed E-state index contributed by atoms with van der Waals surface area (Å²) in [4.78, 5) is 28.0. The molecule has 2 N–H and O–H groups in total. The van der Waals surface area contributed by atoms with Crippen molar-refractivity contribution in [3.63, 3.8) is 0 Å². The fourth-order valence-corrected chi connectivity index (χ4v) is 2.55. The molecule has 0 fully saturated rings. The van der Waals surface area contributed by atoms with Gasteiger partial charge in [-0.2, -0.15) is 0 Å². The van der Waals surface area contributed by atoms with E-state index in [1.165, 1.54) is 37.6 Å². The third kappa shape index (κ3) is 4.63. The second-order valence-electron chi connectivity index (χ2n) is 5.71. The summed E-state index contributed by atoms with van der Waals surface area (Å²) in [6, 6.07) is 13.4. The maximum atomic E-state index is 13.2. The number of nitrogens with one attached hydrogen (secondary N) is 2. The highest BCUT2D eigenvalue weighted by Gasteiger charge is 2.11. The molecule has 1 heterocycles. The lowest BCUT2D eigenvalue weighted by atomic mass is 10.2. The largest absolute Gasteiger partial charge is 0.465 e. The quantitative estimate of drug-likeness (QED) is 0.610. The summed E-state index contributed by atoms with van der Waals surface area (Å²) in [5, 5.41) is 6.00. The Morgan fingerprint density at radius 2 is 1.89 bits per heavy atom. The topological polar surface area (TPSA) is 80.3 Å². The molecule has 2 aromatic carbocycles. The molecule has 28 heavy (non-hydrogen) atoms. The van der Waals surface area contributed by atoms with Crippen molar-refractivity contribution in [2.75, 3.05) is 17.7 Å². The molecule has 0 aliphatic rings. The van der Waals surface area contributed by atoms with Crippen molar-refractivity contribution >= 4 is 40.5 Å². The van der Waals surface area contributed by atoms with Crippen LogP contribution in [0.15, 0.2) is 60.8 Å². The summed E-state index contributed by atoms with van der Waals surface area (Å²) in [5.74, 6) is -1.40. The Kier molecular flexibility index (Phi) is 5.86. The molecule has 0 spiro atoms. The van der Waals surface area contributed by atoms with Gasteiger partial charge in [0.1, 0.15) is 11.5 Å². The van der Waals surface area contributed by atoms with Gasteiger partial charge >= 0.3 is 5.97 Å². The van der Waals surface area contributed by atoms with Gasteiger partial charge in [0.05, 0.1) is 35.3 Å². The number of carbonyl (C=O) groups excluding carboxylic acids is 2. The molecule has 0 saturated carbocycles. The maximum Gasteiger partial charge on any atom is 0.337 e. The molecule has 0 unspecified atom stereocenters. The summed E-state index contributed by atoms with van der Waals surface area (Å²) in [5.41, 5.74) is 1.88. The fraction of sp³-hybridized carbons (Fsp3) is 0.0500. The number of benzene rings is 2. The number of rotatable bonds is 5. The van der Waals surface area contributed by atoms with Gasteiger partial charge in [-0.25, -0.2) is 14.2 Å². The van der Waals surface area contributed by atoms with Crippen molar-refractivity contribution in [3.05, 3.63) is 82.9 Å². The van der Waals surface area contributed by atoms with Gasteiger partial charge in [0, 0.05) is 5.69 Å². The average molecular weight is 400 g/mol. The molecule has 0 atom stereocenters. The molecule has 8 heteroatoms. The van der Waals surface area contributed by atoms with Crippen LogP contribution in [-0.2, 0) is 4.74 Å².